The summed E-state index contributed by atoms with van der Waals surface area (Å²) in [6.07, 6.45) is -2.39. The van der Waals surface area contributed by atoms with Gasteiger partial charge in [-0.3, -0.25) is 4.90 Å². The third-order valence-corrected chi connectivity index (χ3v) is 4.41. The molecule has 4 atom stereocenters. The number of nitrogens with zero attached hydrogens (tertiary/aromatic N) is 1. The zero-order valence-electron chi connectivity index (χ0n) is 14.9. The number of epoxide rings is 1. The number of ether oxygens (including phenoxy) is 3. The van der Waals surface area contributed by atoms with Crippen molar-refractivity contribution in [1.29, 1.82) is 0 Å². The molecule has 2 saturated heterocycles. The van der Waals surface area contributed by atoms with Gasteiger partial charge in [0.05, 0.1) is 19.8 Å². The summed E-state index contributed by atoms with van der Waals surface area (Å²) in [5.74, 6) is -0.957. The van der Waals surface area contributed by atoms with Crippen molar-refractivity contribution in [2.24, 2.45) is 5.92 Å². The molecule has 0 aromatic rings. The van der Waals surface area contributed by atoms with E-state index in [1.54, 1.807) is 34.6 Å². The van der Waals surface area contributed by atoms with Crippen LogP contribution in [0.25, 0.3) is 0 Å². The average molecular weight is 329 g/mol. The molecule has 132 valence electrons. The average Bonchev–Trinajstić information content (AvgIpc) is 3.00. The summed E-state index contributed by atoms with van der Waals surface area (Å²) < 4.78 is 16.0. The Balaban J connectivity index is 2.47. The predicted molar refractivity (Wildman–Crippen MR) is 81.8 cm³/mol. The van der Waals surface area contributed by atoms with Crippen molar-refractivity contribution in [3.05, 3.63) is 0 Å². The molecule has 0 radical (unpaired) electrons. The van der Waals surface area contributed by atoms with Gasteiger partial charge in [0.15, 0.2) is 5.54 Å². The van der Waals surface area contributed by atoms with Gasteiger partial charge in [0, 0.05) is 0 Å². The number of morpholine rings is 1. The summed E-state index contributed by atoms with van der Waals surface area (Å²) in [6, 6.07) is 0. The molecular weight excluding hydrogens is 302 g/mol. The number of rotatable bonds is 3. The van der Waals surface area contributed by atoms with Gasteiger partial charge < -0.3 is 19.3 Å². The minimum absolute atomic E-state index is 0.172. The monoisotopic (exact) mass is 329 g/mol. The zero-order valence-corrected chi connectivity index (χ0v) is 14.9. The standard InChI is InChI=1S/C16H27NO6/c1-9(2)10(18)16(12(19)21-7)11-15(6,22-11)8-17(16)13(20)23-14(3,4)5/h9-11,18H,8H2,1-7H3/t10-,11-,15-,16+/m0/s1. The van der Waals surface area contributed by atoms with E-state index in [-0.39, 0.29) is 12.5 Å². The molecule has 2 aliphatic rings. The van der Waals surface area contributed by atoms with E-state index in [1.165, 1.54) is 12.0 Å². The molecule has 2 heterocycles. The van der Waals surface area contributed by atoms with Crippen molar-refractivity contribution in [3.63, 3.8) is 0 Å². The van der Waals surface area contributed by atoms with E-state index in [9.17, 15) is 14.7 Å². The van der Waals surface area contributed by atoms with E-state index in [0.29, 0.717) is 0 Å². The largest absolute Gasteiger partial charge is 0.467 e. The van der Waals surface area contributed by atoms with Gasteiger partial charge in [0.25, 0.3) is 0 Å². The quantitative estimate of drug-likeness (QED) is 0.620. The Morgan fingerprint density at radius 1 is 1.35 bits per heavy atom. The first-order valence-corrected chi connectivity index (χ1v) is 7.85. The smallest absolute Gasteiger partial charge is 0.411 e. The second-order valence-corrected chi connectivity index (χ2v) is 7.88. The highest BCUT2D eigenvalue weighted by atomic mass is 16.6. The lowest BCUT2D eigenvalue weighted by molar-refractivity contribution is -0.168. The number of hydrogen-bond acceptors (Lipinski definition) is 6. The minimum Gasteiger partial charge on any atom is -0.467 e. The highest BCUT2D eigenvalue weighted by Gasteiger charge is 2.79. The topological polar surface area (TPSA) is 88.6 Å². The van der Waals surface area contributed by atoms with Crippen LogP contribution >= 0.6 is 0 Å². The first kappa shape index (κ1) is 18.0. The normalized spacial score (nSPS) is 34.1. The molecule has 23 heavy (non-hydrogen) atoms. The van der Waals surface area contributed by atoms with E-state index in [4.69, 9.17) is 14.2 Å². The van der Waals surface area contributed by atoms with Gasteiger partial charge in [-0.25, -0.2) is 9.59 Å². The minimum atomic E-state index is -1.58. The molecule has 7 heteroatoms. The molecular formula is C16H27NO6. The van der Waals surface area contributed by atoms with Gasteiger partial charge in [0.1, 0.15) is 17.3 Å². The summed E-state index contributed by atoms with van der Waals surface area (Å²) in [6.45, 7) is 10.8. The first-order valence-electron chi connectivity index (χ1n) is 7.85. The Morgan fingerprint density at radius 3 is 2.35 bits per heavy atom. The molecule has 1 amide bonds. The summed E-state index contributed by atoms with van der Waals surface area (Å²) in [5.41, 5.74) is -2.96. The second-order valence-electron chi connectivity index (χ2n) is 7.88. The van der Waals surface area contributed by atoms with Crippen LogP contribution in [0.3, 0.4) is 0 Å². The number of hydrogen-bond donors (Lipinski definition) is 1. The Hall–Kier alpha value is -1.34. The molecule has 0 bridgehead atoms. The van der Waals surface area contributed by atoms with Crippen LogP contribution < -0.4 is 0 Å². The van der Waals surface area contributed by atoms with Gasteiger partial charge in [-0.2, -0.15) is 0 Å². The highest BCUT2D eigenvalue weighted by molar-refractivity contribution is 5.90. The fourth-order valence-electron chi connectivity index (χ4n) is 3.35. The van der Waals surface area contributed by atoms with Crippen LogP contribution in [-0.4, -0.2) is 64.7 Å². The lowest BCUT2D eigenvalue weighted by Crippen LogP contribution is -2.66. The molecule has 7 nitrogen and oxygen atoms in total. The van der Waals surface area contributed by atoms with E-state index in [1.807, 2.05) is 6.92 Å². The number of amides is 1. The van der Waals surface area contributed by atoms with Crippen molar-refractivity contribution >= 4 is 12.1 Å². The predicted octanol–water partition coefficient (Wildman–Crippen LogP) is 1.32. The second kappa shape index (κ2) is 5.34. The Bertz CT molecular complexity index is 513. The van der Waals surface area contributed by atoms with Crippen molar-refractivity contribution < 1.29 is 28.9 Å². The Morgan fingerprint density at radius 2 is 1.91 bits per heavy atom. The van der Waals surface area contributed by atoms with E-state index >= 15 is 0 Å². The van der Waals surface area contributed by atoms with Crippen LogP contribution in [0.2, 0.25) is 0 Å². The third-order valence-electron chi connectivity index (χ3n) is 4.41. The maximum Gasteiger partial charge on any atom is 0.411 e. The van der Waals surface area contributed by atoms with Crippen molar-refractivity contribution in [1.82, 2.24) is 4.90 Å². The van der Waals surface area contributed by atoms with Gasteiger partial charge in [0.2, 0.25) is 0 Å². The van der Waals surface area contributed by atoms with Crippen LogP contribution in [0.5, 0.6) is 0 Å². The van der Waals surface area contributed by atoms with E-state index in [2.05, 4.69) is 0 Å². The van der Waals surface area contributed by atoms with Crippen LogP contribution in [0, 0.1) is 5.92 Å². The van der Waals surface area contributed by atoms with Gasteiger partial charge in [-0.1, -0.05) is 13.8 Å². The summed E-state index contributed by atoms with van der Waals surface area (Å²) in [5, 5.41) is 10.8. The number of fused-ring (bicyclic) bond motifs is 1. The van der Waals surface area contributed by atoms with E-state index in [0.717, 1.165) is 0 Å². The highest BCUT2D eigenvalue weighted by Crippen LogP contribution is 2.55. The van der Waals surface area contributed by atoms with Crippen LogP contribution in [0.1, 0.15) is 41.5 Å². The summed E-state index contributed by atoms with van der Waals surface area (Å²) in [7, 11) is 1.24. The molecule has 1 N–H and O–H groups in total. The Kier molecular flexibility index (Phi) is 4.18. The molecule has 0 saturated carbocycles. The maximum atomic E-state index is 12.7. The molecule has 0 aromatic carbocycles. The maximum absolute atomic E-state index is 12.7. The molecule has 0 aromatic heterocycles. The van der Waals surface area contributed by atoms with Gasteiger partial charge in [-0.05, 0) is 33.6 Å². The summed E-state index contributed by atoms with van der Waals surface area (Å²) in [4.78, 5) is 26.6. The molecule has 0 aliphatic carbocycles. The zero-order chi connectivity index (χ0) is 17.8. The number of likely N-dealkylation sites (tertiary alicyclic amines) is 1. The van der Waals surface area contributed by atoms with Crippen molar-refractivity contribution in [3.8, 4) is 0 Å². The lowest BCUT2D eigenvalue weighted by Gasteiger charge is -2.42. The van der Waals surface area contributed by atoms with Crippen molar-refractivity contribution in [2.45, 2.75) is 70.5 Å². The van der Waals surface area contributed by atoms with Crippen LogP contribution in [-0.2, 0) is 19.0 Å². The molecule has 2 aliphatic heterocycles. The number of aliphatic hydroxyl groups is 1. The van der Waals surface area contributed by atoms with E-state index < -0.39 is 41.0 Å². The Labute approximate surface area is 136 Å². The fraction of sp³-hybridized carbons (Fsp3) is 0.875. The van der Waals surface area contributed by atoms with Gasteiger partial charge >= 0.3 is 12.1 Å². The van der Waals surface area contributed by atoms with Crippen LogP contribution in [0.15, 0.2) is 0 Å². The van der Waals surface area contributed by atoms with Crippen LogP contribution in [0.4, 0.5) is 4.79 Å². The fourth-order valence-corrected chi connectivity index (χ4v) is 3.35. The third kappa shape index (κ3) is 2.70. The molecule has 2 fully saturated rings. The number of aliphatic hydroxyl groups excluding tert-OH is 1. The lowest BCUT2D eigenvalue weighted by atomic mass is 9.81. The first-order chi connectivity index (χ1) is 10.4. The van der Waals surface area contributed by atoms with Gasteiger partial charge in [-0.15, -0.1) is 0 Å². The number of carbonyl (C=O) groups is 2. The number of esters is 1. The number of carbonyl (C=O) groups excluding carboxylic acids is 2. The SMILES string of the molecule is COC(=O)[C@@]1([C@@H](O)C(C)C)[C@H]2O[C@@]2(C)CN1C(=O)OC(C)(C)C. The molecule has 2 rings (SSSR count). The molecule has 0 spiro atoms. The number of methoxy groups -OCH3 is 1. The summed E-state index contributed by atoms with van der Waals surface area (Å²) >= 11 is 0. The molecule has 0 unspecified atom stereocenters. The van der Waals surface area contributed by atoms with Crippen molar-refractivity contribution in [2.75, 3.05) is 13.7 Å².